The zero-order valence-corrected chi connectivity index (χ0v) is 13.8. The van der Waals surface area contributed by atoms with E-state index in [4.69, 9.17) is 4.74 Å². The second kappa shape index (κ2) is 6.23. The van der Waals surface area contributed by atoms with E-state index in [9.17, 15) is 4.79 Å². The van der Waals surface area contributed by atoms with Crippen LogP contribution in [-0.4, -0.2) is 33.4 Å². The molecular weight excluding hydrogens is 302 g/mol. The second-order valence-electron chi connectivity index (χ2n) is 6.43. The molecule has 0 aliphatic carbocycles. The maximum Gasteiger partial charge on any atom is 0.227 e. The Labute approximate surface area is 141 Å². The van der Waals surface area contributed by atoms with Crippen LogP contribution < -0.4 is 4.74 Å². The molecule has 2 atom stereocenters. The molecule has 0 saturated carbocycles. The third kappa shape index (κ3) is 2.64. The Morgan fingerprint density at radius 2 is 2.12 bits per heavy atom. The number of carbonyl (C=O) groups is 1. The van der Waals surface area contributed by atoms with Crippen molar-refractivity contribution in [3.05, 3.63) is 53.6 Å². The van der Waals surface area contributed by atoms with Crippen molar-refractivity contribution in [3.63, 3.8) is 0 Å². The molecule has 2 aromatic rings. The maximum atomic E-state index is 12.9. The summed E-state index contributed by atoms with van der Waals surface area (Å²) in [6.07, 6.45) is 6.84. The van der Waals surface area contributed by atoms with Gasteiger partial charge in [0.05, 0.1) is 24.8 Å². The van der Waals surface area contributed by atoms with Crippen LogP contribution in [0.15, 0.2) is 36.8 Å². The van der Waals surface area contributed by atoms with Gasteiger partial charge in [-0.05, 0) is 37.5 Å². The number of hydrogen-bond acceptors (Lipinski definition) is 4. The third-order valence-electron chi connectivity index (χ3n) is 5.00. The first-order valence-corrected chi connectivity index (χ1v) is 8.58. The van der Waals surface area contributed by atoms with Crippen LogP contribution in [0.4, 0.5) is 0 Å². The van der Waals surface area contributed by atoms with Crippen LogP contribution in [0.1, 0.15) is 42.6 Å². The van der Waals surface area contributed by atoms with Gasteiger partial charge in [0.15, 0.2) is 0 Å². The Morgan fingerprint density at radius 3 is 2.92 bits per heavy atom. The van der Waals surface area contributed by atoms with Gasteiger partial charge in [-0.3, -0.25) is 4.79 Å². The van der Waals surface area contributed by atoms with Gasteiger partial charge in [-0.1, -0.05) is 12.1 Å². The predicted octanol–water partition coefficient (Wildman–Crippen LogP) is 2.71. The molecule has 5 nitrogen and oxygen atoms in total. The van der Waals surface area contributed by atoms with Crippen molar-refractivity contribution in [2.45, 2.75) is 44.7 Å². The number of aromatic nitrogens is 2. The van der Waals surface area contributed by atoms with E-state index < -0.39 is 0 Å². The molecule has 5 heteroatoms. The van der Waals surface area contributed by atoms with Crippen LogP contribution in [0.5, 0.6) is 5.75 Å². The largest absolute Gasteiger partial charge is 0.494 e. The molecular formula is C19H21N3O2. The number of benzene rings is 1. The van der Waals surface area contributed by atoms with E-state index in [1.807, 2.05) is 37.4 Å². The van der Waals surface area contributed by atoms with E-state index in [1.165, 1.54) is 0 Å². The Balaban J connectivity index is 1.51. The van der Waals surface area contributed by atoms with Gasteiger partial charge >= 0.3 is 0 Å². The summed E-state index contributed by atoms with van der Waals surface area (Å²) >= 11 is 0. The summed E-state index contributed by atoms with van der Waals surface area (Å²) in [5, 5.41) is 0. The van der Waals surface area contributed by atoms with Crippen LogP contribution >= 0.6 is 0 Å². The normalized spacial score (nSPS) is 21.5. The molecule has 1 aromatic heterocycles. The fourth-order valence-corrected chi connectivity index (χ4v) is 3.94. The first-order chi connectivity index (χ1) is 11.8. The quantitative estimate of drug-likeness (QED) is 0.868. The molecule has 2 bridgehead atoms. The predicted molar refractivity (Wildman–Crippen MR) is 89.7 cm³/mol. The maximum absolute atomic E-state index is 12.9. The lowest BCUT2D eigenvalue weighted by molar-refractivity contribution is -0.134. The second-order valence-corrected chi connectivity index (χ2v) is 6.43. The lowest BCUT2D eigenvalue weighted by Crippen LogP contribution is -2.43. The SMILES string of the molecule is CCOc1ccc(CC(=O)N2C3CCC2c2cncnc2C3)cc1. The smallest absolute Gasteiger partial charge is 0.227 e. The number of rotatable bonds is 4. The van der Waals surface area contributed by atoms with Crippen LogP contribution in [-0.2, 0) is 17.6 Å². The lowest BCUT2D eigenvalue weighted by atomic mass is 9.98. The highest BCUT2D eigenvalue weighted by molar-refractivity contribution is 5.80. The van der Waals surface area contributed by atoms with Gasteiger partial charge in [0.25, 0.3) is 0 Å². The van der Waals surface area contributed by atoms with Gasteiger partial charge in [0, 0.05) is 24.2 Å². The Kier molecular flexibility index (Phi) is 3.92. The fourth-order valence-electron chi connectivity index (χ4n) is 3.94. The van der Waals surface area contributed by atoms with Crippen LogP contribution in [0.2, 0.25) is 0 Å². The minimum absolute atomic E-state index is 0.148. The van der Waals surface area contributed by atoms with Crippen LogP contribution in [0, 0.1) is 0 Å². The molecule has 2 aliphatic rings. The lowest BCUT2D eigenvalue weighted by Gasteiger charge is -2.35. The van der Waals surface area contributed by atoms with E-state index in [1.54, 1.807) is 6.33 Å². The zero-order chi connectivity index (χ0) is 16.5. The van der Waals surface area contributed by atoms with Crippen molar-refractivity contribution in [1.29, 1.82) is 0 Å². The molecule has 24 heavy (non-hydrogen) atoms. The van der Waals surface area contributed by atoms with Crippen molar-refractivity contribution < 1.29 is 9.53 Å². The number of ether oxygens (including phenoxy) is 1. The average Bonchev–Trinajstić information content (AvgIpc) is 2.92. The molecule has 1 saturated heterocycles. The molecule has 0 N–H and O–H groups in total. The van der Waals surface area contributed by atoms with Crippen molar-refractivity contribution in [2.24, 2.45) is 0 Å². The van der Waals surface area contributed by atoms with E-state index in [0.29, 0.717) is 13.0 Å². The first kappa shape index (κ1) is 15.1. The molecule has 3 heterocycles. The summed E-state index contributed by atoms with van der Waals surface area (Å²) in [6.45, 7) is 2.61. The van der Waals surface area contributed by atoms with E-state index in [-0.39, 0.29) is 18.0 Å². The summed E-state index contributed by atoms with van der Waals surface area (Å²) in [5.41, 5.74) is 3.27. The number of nitrogens with zero attached hydrogens (tertiary/aromatic N) is 3. The number of hydrogen-bond donors (Lipinski definition) is 0. The molecule has 0 radical (unpaired) electrons. The summed E-state index contributed by atoms with van der Waals surface area (Å²) in [7, 11) is 0. The summed E-state index contributed by atoms with van der Waals surface area (Å²) < 4.78 is 5.46. The highest BCUT2D eigenvalue weighted by Crippen LogP contribution is 2.42. The van der Waals surface area contributed by atoms with Gasteiger partial charge in [0.2, 0.25) is 5.91 Å². The minimum Gasteiger partial charge on any atom is -0.494 e. The van der Waals surface area contributed by atoms with Crippen LogP contribution in [0.25, 0.3) is 0 Å². The molecule has 2 unspecified atom stereocenters. The van der Waals surface area contributed by atoms with Gasteiger partial charge in [0.1, 0.15) is 12.1 Å². The Bertz CT molecular complexity index is 745. The summed E-state index contributed by atoms with van der Waals surface area (Å²) in [5.74, 6) is 1.04. The summed E-state index contributed by atoms with van der Waals surface area (Å²) in [6, 6.07) is 8.25. The van der Waals surface area contributed by atoms with Crippen molar-refractivity contribution >= 4 is 5.91 Å². The topological polar surface area (TPSA) is 55.3 Å². The minimum atomic E-state index is 0.148. The van der Waals surface area contributed by atoms with Gasteiger partial charge in [-0.15, -0.1) is 0 Å². The molecule has 0 spiro atoms. The zero-order valence-electron chi connectivity index (χ0n) is 13.8. The Hall–Kier alpha value is -2.43. The number of carbonyl (C=O) groups excluding carboxylic acids is 1. The van der Waals surface area contributed by atoms with E-state index >= 15 is 0 Å². The first-order valence-electron chi connectivity index (χ1n) is 8.58. The fraction of sp³-hybridized carbons (Fsp3) is 0.421. The molecule has 2 aliphatic heterocycles. The highest BCUT2D eigenvalue weighted by atomic mass is 16.5. The van der Waals surface area contributed by atoms with Gasteiger partial charge < -0.3 is 9.64 Å². The third-order valence-corrected chi connectivity index (χ3v) is 5.00. The Morgan fingerprint density at radius 1 is 1.29 bits per heavy atom. The molecule has 1 amide bonds. The molecule has 4 rings (SSSR count). The molecule has 124 valence electrons. The van der Waals surface area contributed by atoms with Crippen LogP contribution in [0.3, 0.4) is 0 Å². The highest BCUT2D eigenvalue weighted by Gasteiger charge is 2.42. The van der Waals surface area contributed by atoms with E-state index in [0.717, 1.165) is 41.8 Å². The number of amides is 1. The van der Waals surface area contributed by atoms with Gasteiger partial charge in [-0.25, -0.2) is 9.97 Å². The van der Waals surface area contributed by atoms with E-state index in [2.05, 4.69) is 14.9 Å². The molecule has 1 fully saturated rings. The van der Waals surface area contributed by atoms with Crippen molar-refractivity contribution in [3.8, 4) is 5.75 Å². The monoisotopic (exact) mass is 323 g/mol. The number of fused-ring (bicyclic) bond motifs is 4. The molecule has 1 aromatic carbocycles. The van der Waals surface area contributed by atoms with Crippen molar-refractivity contribution in [2.75, 3.05) is 6.61 Å². The average molecular weight is 323 g/mol. The summed E-state index contributed by atoms with van der Waals surface area (Å²) in [4.78, 5) is 23.5. The standard InChI is InChI=1S/C19H21N3O2/c1-2-24-15-6-3-13(4-7-15)9-19(23)22-14-5-8-18(22)16-11-20-12-21-17(16)10-14/h3-4,6-7,11-12,14,18H,2,5,8-10H2,1H3. The van der Waals surface area contributed by atoms with Crippen molar-refractivity contribution in [1.82, 2.24) is 14.9 Å². The van der Waals surface area contributed by atoms with Gasteiger partial charge in [-0.2, -0.15) is 0 Å².